The molecule has 1 aliphatic heterocycles. The molecule has 0 amide bonds. The van der Waals surface area contributed by atoms with Gasteiger partial charge in [-0.2, -0.15) is 5.10 Å². The maximum Gasteiger partial charge on any atom is 0.348 e. The van der Waals surface area contributed by atoms with Gasteiger partial charge in [-0.05, 0) is 41.0 Å². The van der Waals surface area contributed by atoms with Crippen LogP contribution in [-0.2, 0) is 13.1 Å². The van der Waals surface area contributed by atoms with Gasteiger partial charge in [-0.15, -0.1) is 0 Å². The van der Waals surface area contributed by atoms with E-state index < -0.39 is 0 Å². The number of pyridine rings is 1. The Balaban J connectivity index is 1.08. The first-order valence-corrected chi connectivity index (χ1v) is 13.2. The predicted molar refractivity (Wildman–Crippen MR) is 150 cm³/mol. The zero-order chi connectivity index (χ0) is 25.9. The van der Waals surface area contributed by atoms with E-state index in [2.05, 4.69) is 55.6 Å². The van der Waals surface area contributed by atoms with Gasteiger partial charge < -0.3 is 10.4 Å². The van der Waals surface area contributed by atoms with E-state index in [1.54, 1.807) is 10.5 Å². The first kappa shape index (κ1) is 24.4. The van der Waals surface area contributed by atoms with Crippen LogP contribution < -0.4 is 11.0 Å². The summed E-state index contributed by atoms with van der Waals surface area (Å²) in [6.07, 6.45) is 0. The minimum atomic E-state index is -0.254. The zero-order valence-electron chi connectivity index (χ0n) is 21.3. The van der Waals surface area contributed by atoms with Gasteiger partial charge in [-0.3, -0.25) is 9.80 Å². The van der Waals surface area contributed by atoms with E-state index in [-0.39, 0.29) is 11.4 Å². The van der Waals surface area contributed by atoms with E-state index >= 15 is 0 Å². The number of fused-ring (bicyclic) bond motifs is 3. The summed E-state index contributed by atoms with van der Waals surface area (Å²) in [4.78, 5) is 17.3. The first-order valence-electron chi connectivity index (χ1n) is 13.2. The number of nitrogens with one attached hydrogen (secondary N) is 2. The summed E-state index contributed by atoms with van der Waals surface area (Å²) < 4.78 is 1.59. The summed E-state index contributed by atoms with van der Waals surface area (Å²) in [5.74, 6) is 0.275. The Morgan fingerprint density at radius 2 is 1.66 bits per heavy atom. The molecular formula is C30H32N6O2. The molecule has 2 aromatic heterocycles. The highest BCUT2D eigenvalue weighted by Gasteiger charge is 2.17. The zero-order valence-corrected chi connectivity index (χ0v) is 21.3. The van der Waals surface area contributed by atoms with Crippen LogP contribution in [0.4, 0.5) is 0 Å². The average Bonchev–Trinajstić information content (AvgIpc) is 3.33. The number of hydrogen-bond donors (Lipinski definition) is 3. The van der Waals surface area contributed by atoms with Crippen molar-refractivity contribution in [2.75, 3.05) is 39.3 Å². The molecule has 0 unspecified atom stereocenters. The highest BCUT2D eigenvalue weighted by Crippen LogP contribution is 2.32. The molecule has 3 N–H and O–H groups in total. The molecule has 0 saturated carbocycles. The molecule has 0 bridgehead atoms. The molecule has 0 spiro atoms. The Hall–Kier alpha value is -3.98. The van der Waals surface area contributed by atoms with Crippen molar-refractivity contribution in [3.05, 3.63) is 100 Å². The number of H-pyrrole nitrogens is 1. The van der Waals surface area contributed by atoms with Gasteiger partial charge in [0.1, 0.15) is 5.75 Å². The number of aromatic hydroxyl groups is 1. The van der Waals surface area contributed by atoms with Crippen molar-refractivity contribution in [3.8, 4) is 16.9 Å². The lowest BCUT2D eigenvalue weighted by molar-refractivity contribution is 0.127. The third kappa shape index (κ3) is 5.06. The lowest BCUT2D eigenvalue weighted by Crippen LogP contribution is -2.47. The number of aromatic amines is 1. The largest absolute Gasteiger partial charge is 0.508 e. The lowest BCUT2D eigenvalue weighted by Gasteiger charge is -2.34. The molecule has 0 aliphatic carbocycles. The number of para-hydroxylation sites is 1. The Kier molecular flexibility index (Phi) is 6.92. The molecule has 0 atom stereocenters. The number of hydrogen-bond acceptors (Lipinski definition) is 6. The second-order valence-corrected chi connectivity index (χ2v) is 9.92. The van der Waals surface area contributed by atoms with E-state index in [0.717, 1.165) is 73.4 Å². The summed E-state index contributed by atoms with van der Waals surface area (Å²) in [6, 6.07) is 26.1. The standard InChI is InChI=1S/C30H32N6O2/c37-28-11-10-23(26-19-29-32-33-30(38)36(29)27-9-5-4-8-25(26)27)18-24(28)20-31-12-13-34-14-16-35(17-15-34)21-22-6-2-1-3-7-22/h1-11,18-19,31,37H,12-17,20-21H2,(H,33,38). The average molecular weight is 509 g/mol. The first-order chi connectivity index (χ1) is 18.7. The summed E-state index contributed by atoms with van der Waals surface area (Å²) in [5, 5.41) is 21.7. The number of phenols is 1. The van der Waals surface area contributed by atoms with Crippen LogP contribution in [-0.4, -0.2) is 68.8 Å². The smallest absolute Gasteiger partial charge is 0.348 e. The van der Waals surface area contributed by atoms with Gasteiger partial charge in [0.2, 0.25) is 0 Å². The third-order valence-electron chi connectivity index (χ3n) is 7.43. The second-order valence-electron chi connectivity index (χ2n) is 9.92. The molecule has 1 saturated heterocycles. The molecule has 1 aliphatic rings. The Morgan fingerprint density at radius 3 is 2.50 bits per heavy atom. The van der Waals surface area contributed by atoms with Gasteiger partial charge in [0.15, 0.2) is 5.65 Å². The topological polar surface area (TPSA) is 88.9 Å². The predicted octanol–water partition coefficient (Wildman–Crippen LogP) is 3.46. The highest BCUT2D eigenvalue weighted by atomic mass is 16.3. The van der Waals surface area contributed by atoms with Crippen molar-refractivity contribution in [3.63, 3.8) is 0 Å². The van der Waals surface area contributed by atoms with Gasteiger partial charge in [0.25, 0.3) is 0 Å². The molecule has 194 valence electrons. The van der Waals surface area contributed by atoms with Gasteiger partial charge in [0, 0.05) is 63.3 Å². The molecular weight excluding hydrogens is 476 g/mol. The monoisotopic (exact) mass is 508 g/mol. The maximum atomic E-state index is 12.3. The van der Waals surface area contributed by atoms with Crippen molar-refractivity contribution in [1.82, 2.24) is 29.7 Å². The van der Waals surface area contributed by atoms with E-state index in [4.69, 9.17) is 0 Å². The van der Waals surface area contributed by atoms with Crippen molar-refractivity contribution in [1.29, 1.82) is 0 Å². The summed E-state index contributed by atoms with van der Waals surface area (Å²) >= 11 is 0. The summed E-state index contributed by atoms with van der Waals surface area (Å²) in [5.41, 5.74) is 5.28. The van der Waals surface area contributed by atoms with Crippen LogP contribution in [0, 0.1) is 0 Å². The van der Waals surface area contributed by atoms with Gasteiger partial charge in [-0.25, -0.2) is 14.3 Å². The fraction of sp³-hybridized carbons (Fsp3) is 0.267. The van der Waals surface area contributed by atoms with E-state index in [9.17, 15) is 9.90 Å². The fourth-order valence-electron chi connectivity index (χ4n) is 5.35. The second kappa shape index (κ2) is 10.8. The van der Waals surface area contributed by atoms with Crippen LogP contribution in [0.15, 0.2) is 83.7 Å². The van der Waals surface area contributed by atoms with Crippen LogP contribution in [0.25, 0.3) is 27.7 Å². The molecule has 1 fully saturated rings. The van der Waals surface area contributed by atoms with Crippen molar-refractivity contribution >= 4 is 16.6 Å². The summed E-state index contributed by atoms with van der Waals surface area (Å²) in [6.45, 7) is 7.73. The minimum absolute atomic E-state index is 0.254. The van der Waals surface area contributed by atoms with Gasteiger partial charge >= 0.3 is 5.69 Å². The molecule has 38 heavy (non-hydrogen) atoms. The fourth-order valence-corrected chi connectivity index (χ4v) is 5.35. The molecule has 5 aromatic rings. The Bertz CT molecular complexity index is 1600. The molecule has 6 rings (SSSR count). The van der Waals surface area contributed by atoms with Crippen molar-refractivity contribution < 1.29 is 5.11 Å². The highest BCUT2D eigenvalue weighted by molar-refractivity contribution is 5.97. The quantitative estimate of drug-likeness (QED) is 0.278. The molecule has 0 radical (unpaired) electrons. The Labute approximate surface area is 221 Å². The molecule has 8 heteroatoms. The summed E-state index contributed by atoms with van der Waals surface area (Å²) in [7, 11) is 0. The molecule has 8 nitrogen and oxygen atoms in total. The van der Waals surface area contributed by atoms with Crippen LogP contribution >= 0.6 is 0 Å². The normalized spacial score (nSPS) is 14.9. The number of phenolic OH excluding ortho intramolecular Hbond substituents is 1. The van der Waals surface area contributed by atoms with E-state index in [1.165, 1.54) is 5.56 Å². The SMILES string of the molecule is O=c1[nH]nc2cc(-c3ccc(O)c(CNCCN4CCN(Cc5ccccc5)CC4)c3)c3ccccc3n12. The minimum Gasteiger partial charge on any atom is -0.508 e. The van der Waals surface area contributed by atoms with Gasteiger partial charge in [-0.1, -0.05) is 54.6 Å². The third-order valence-corrected chi connectivity index (χ3v) is 7.43. The molecule has 3 aromatic carbocycles. The van der Waals surface area contributed by atoms with Crippen LogP contribution in [0.3, 0.4) is 0 Å². The number of benzene rings is 3. The van der Waals surface area contributed by atoms with Crippen LogP contribution in [0.5, 0.6) is 5.75 Å². The lowest BCUT2D eigenvalue weighted by atomic mass is 9.98. The van der Waals surface area contributed by atoms with Gasteiger partial charge in [0.05, 0.1) is 5.52 Å². The maximum absolute atomic E-state index is 12.3. The van der Waals surface area contributed by atoms with Crippen molar-refractivity contribution in [2.45, 2.75) is 13.1 Å². The number of aromatic nitrogens is 3. The van der Waals surface area contributed by atoms with E-state index in [1.807, 2.05) is 42.5 Å². The van der Waals surface area contributed by atoms with E-state index in [0.29, 0.717) is 12.2 Å². The van der Waals surface area contributed by atoms with Crippen LogP contribution in [0.1, 0.15) is 11.1 Å². The number of rotatable bonds is 8. The van der Waals surface area contributed by atoms with Crippen LogP contribution in [0.2, 0.25) is 0 Å². The number of nitrogens with zero attached hydrogens (tertiary/aromatic N) is 4. The Morgan fingerprint density at radius 1 is 0.895 bits per heavy atom. The molecule has 3 heterocycles. The van der Waals surface area contributed by atoms with Crippen molar-refractivity contribution in [2.24, 2.45) is 0 Å². The number of piperazine rings is 1.